The summed E-state index contributed by atoms with van der Waals surface area (Å²) >= 11 is 2.37. The van der Waals surface area contributed by atoms with Crippen molar-refractivity contribution >= 4 is 22.6 Å². The van der Waals surface area contributed by atoms with Gasteiger partial charge in [0.15, 0.2) is 0 Å². The second-order valence-corrected chi connectivity index (χ2v) is 2.89. The van der Waals surface area contributed by atoms with Gasteiger partial charge >= 0.3 is 0 Å². The normalized spacial score (nSPS) is 9.56. The van der Waals surface area contributed by atoms with E-state index in [0.29, 0.717) is 0 Å². The molecule has 0 N–H and O–H groups in total. The molecule has 9 heavy (non-hydrogen) atoms. The highest BCUT2D eigenvalue weighted by Gasteiger charge is 1.86. The molecule has 1 aromatic carbocycles. The highest BCUT2D eigenvalue weighted by Crippen LogP contribution is 2.07. The first-order valence-electron chi connectivity index (χ1n) is 2.94. The number of hydrogen-bond acceptors (Lipinski definition) is 0. The van der Waals surface area contributed by atoms with E-state index in [4.69, 9.17) is 0 Å². The van der Waals surface area contributed by atoms with E-state index in [9.17, 15) is 0 Å². The van der Waals surface area contributed by atoms with Gasteiger partial charge in [-0.25, -0.2) is 0 Å². The topological polar surface area (TPSA) is 0 Å². The van der Waals surface area contributed by atoms with Crippen LogP contribution in [0.25, 0.3) is 0 Å². The second kappa shape index (κ2) is 3.20. The van der Waals surface area contributed by atoms with Gasteiger partial charge in [-0.2, -0.15) is 0 Å². The lowest BCUT2D eigenvalue weighted by molar-refractivity contribution is 1.38. The lowest BCUT2D eigenvalue weighted by Crippen LogP contribution is -1.76. The van der Waals surface area contributed by atoms with Gasteiger partial charge in [0.25, 0.3) is 0 Å². The third kappa shape index (κ3) is 1.97. The molecule has 0 heterocycles. The van der Waals surface area contributed by atoms with E-state index in [1.807, 2.05) is 0 Å². The largest absolute Gasteiger partial charge is 0.0812 e. The number of aryl methyl sites for hydroxylation is 1. The Morgan fingerprint density at radius 1 is 1.44 bits per heavy atom. The van der Waals surface area contributed by atoms with E-state index in [1.54, 1.807) is 0 Å². The standard InChI is InChI=1S/C8H9I/c1-7-3-2-4-8(5-7)6-9/h2-5H,6H2,1H3. The first-order valence-corrected chi connectivity index (χ1v) is 4.47. The Bertz CT molecular complexity index is 194. The summed E-state index contributed by atoms with van der Waals surface area (Å²) in [4.78, 5) is 0. The van der Waals surface area contributed by atoms with Crippen molar-refractivity contribution in [1.29, 1.82) is 0 Å². The summed E-state index contributed by atoms with van der Waals surface area (Å²) in [5.41, 5.74) is 2.76. The van der Waals surface area contributed by atoms with E-state index in [0.717, 1.165) is 4.43 Å². The first kappa shape index (κ1) is 7.06. The first-order chi connectivity index (χ1) is 4.33. The second-order valence-electron chi connectivity index (χ2n) is 2.12. The molecular formula is C8H9I. The van der Waals surface area contributed by atoms with Gasteiger partial charge in [-0.1, -0.05) is 52.4 Å². The van der Waals surface area contributed by atoms with Crippen LogP contribution in [0.5, 0.6) is 0 Å². The molecule has 1 heteroatoms. The summed E-state index contributed by atoms with van der Waals surface area (Å²) in [7, 11) is 0. The van der Waals surface area contributed by atoms with E-state index in [-0.39, 0.29) is 0 Å². The molecule has 0 saturated carbocycles. The van der Waals surface area contributed by atoms with Crippen LogP contribution in [-0.4, -0.2) is 0 Å². The molecule has 0 aliphatic rings. The molecule has 1 aromatic rings. The van der Waals surface area contributed by atoms with Crippen LogP contribution in [0.2, 0.25) is 0 Å². The molecule has 0 aliphatic heterocycles. The zero-order chi connectivity index (χ0) is 6.69. The molecule has 0 saturated heterocycles. The maximum Gasteiger partial charge on any atom is 0.0247 e. The minimum atomic E-state index is 1.11. The van der Waals surface area contributed by atoms with Gasteiger partial charge in [-0.05, 0) is 12.5 Å². The van der Waals surface area contributed by atoms with Crippen molar-refractivity contribution in [2.24, 2.45) is 0 Å². The third-order valence-corrected chi connectivity index (χ3v) is 2.12. The molecule has 0 aromatic heterocycles. The van der Waals surface area contributed by atoms with Crippen molar-refractivity contribution in [2.75, 3.05) is 0 Å². The van der Waals surface area contributed by atoms with Gasteiger partial charge in [0.1, 0.15) is 0 Å². The number of hydrogen-bond donors (Lipinski definition) is 0. The summed E-state index contributed by atoms with van der Waals surface area (Å²) in [6, 6.07) is 8.59. The summed E-state index contributed by atoms with van der Waals surface area (Å²) in [5, 5.41) is 0. The molecule has 0 aliphatic carbocycles. The van der Waals surface area contributed by atoms with Crippen LogP contribution in [0.15, 0.2) is 24.3 Å². The van der Waals surface area contributed by atoms with Gasteiger partial charge in [0.05, 0.1) is 0 Å². The molecule has 0 radical (unpaired) electrons. The Morgan fingerprint density at radius 3 is 2.67 bits per heavy atom. The van der Waals surface area contributed by atoms with Gasteiger partial charge in [-0.15, -0.1) is 0 Å². The summed E-state index contributed by atoms with van der Waals surface area (Å²) < 4.78 is 1.11. The summed E-state index contributed by atoms with van der Waals surface area (Å²) in [5.74, 6) is 0. The molecule has 0 nitrogen and oxygen atoms in total. The van der Waals surface area contributed by atoms with Gasteiger partial charge in [0, 0.05) is 4.43 Å². The minimum absolute atomic E-state index is 1.11. The SMILES string of the molecule is Cc1cccc(CI)c1. The molecule has 0 atom stereocenters. The maximum absolute atomic E-state index is 2.37. The molecule has 1 rings (SSSR count). The van der Waals surface area contributed by atoms with E-state index in [1.165, 1.54) is 11.1 Å². The fourth-order valence-corrected chi connectivity index (χ4v) is 1.27. The molecule has 48 valence electrons. The Hall–Kier alpha value is -0.0500. The Labute approximate surface area is 69.4 Å². The minimum Gasteiger partial charge on any atom is -0.0812 e. The van der Waals surface area contributed by atoms with Crippen LogP contribution in [0.3, 0.4) is 0 Å². The van der Waals surface area contributed by atoms with Crippen molar-refractivity contribution in [2.45, 2.75) is 11.4 Å². The smallest absolute Gasteiger partial charge is 0.0247 e. The van der Waals surface area contributed by atoms with Gasteiger partial charge in [0.2, 0.25) is 0 Å². The Balaban J connectivity index is 2.94. The maximum atomic E-state index is 2.37. The number of rotatable bonds is 1. The van der Waals surface area contributed by atoms with E-state index >= 15 is 0 Å². The van der Waals surface area contributed by atoms with Gasteiger partial charge < -0.3 is 0 Å². The average molecular weight is 232 g/mol. The highest BCUT2D eigenvalue weighted by molar-refractivity contribution is 14.1. The van der Waals surface area contributed by atoms with Crippen molar-refractivity contribution in [3.8, 4) is 0 Å². The number of benzene rings is 1. The molecule has 0 bridgehead atoms. The molecular weight excluding hydrogens is 223 g/mol. The van der Waals surface area contributed by atoms with Crippen LogP contribution in [-0.2, 0) is 4.43 Å². The van der Waals surface area contributed by atoms with Crippen LogP contribution in [0.4, 0.5) is 0 Å². The van der Waals surface area contributed by atoms with Crippen molar-refractivity contribution < 1.29 is 0 Å². The monoisotopic (exact) mass is 232 g/mol. The lowest BCUT2D eigenvalue weighted by atomic mass is 10.2. The average Bonchev–Trinajstić information content (AvgIpc) is 1.88. The molecule has 0 spiro atoms. The van der Waals surface area contributed by atoms with Gasteiger partial charge in [-0.3, -0.25) is 0 Å². The van der Waals surface area contributed by atoms with Crippen LogP contribution >= 0.6 is 22.6 Å². The zero-order valence-electron chi connectivity index (χ0n) is 5.39. The van der Waals surface area contributed by atoms with Crippen molar-refractivity contribution in [3.63, 3.8) is 0 Å². The van der Waals surface area contributed by atoms with Crippen molar-refractivity contribution in [1.82, 2.24) is 0 Å². The lowest BCUT2D eigenvalue weighted by Gasteiger charge is -1.94. The quantitative estimate of drug-likeness (QED) is 0.515. The Kier molecular flexibility index (Phi) is 2.51. The fourth-order valence-electron chi connectivity index (χ4n) is 0.795. The fraction of sp³-hybridized carbons (Fsp3) is 0.250. The number of halogens is 1. The van der Waals surface area contributed by atoms with Crippen LogP contribution < -0.4 is 0 Å². The highest BCUT2D eigenvalue weighted by atomic mass is 127. The summed E-state index contributed by atoms with van der Waals surface area (Å²) in [6.45, 7) is 2.12. The Morgan fingerprint density at radius 2 is 2.22 bits per heavy atom. The number of alkyl halides is 1. The van der Waals surface area contributed by atoms with Crippen LogP contribution in [0.1, 0.15) is 11.1 Å². The zero-order valence-corrected chi connectivity index (χ0v) is 7.55. The van der Waals surface area contributed by atoms with E-state index in [2.05, 4.69) is 53.8 Å². The molecule has 0 fully saturated rings. The van der Waals surface area contributed by atoms with Crippen molar-refractivity contribution in [3.05, 3.63) is 35.4 Å². The predicted molar refractivity (Wildman–Crippen MR) is 48.9 cm³/mol. The molecule has 0 amide bonds. The third-order valence-electron chi connectivity index (χ3n) is 1.24. The van der Waals surface area contributed by atoms with Crippen LogP contribution in [0, 0.1) is 6.92 Å². The predicted octanol–water partition coefficient (Wildman–Crippen LogP) is 2.93. The summed E-state index contributed by atoms with van der Waals surface area (Å²) in [6.07, 6.45) is 0. The molecule has 0 unspecified atom stereocenters. The van der Waals surface area contributed by atoms with E-state index < -0.39 is 0 Å².